The Balaban J connectivity index is 2.38. The van der Waals surface area contributed by atoms with Crippen LogP contribution in [0.3, 0.4) is 0 Å². The summed E-state index contributed by atoms with van der Waals surface area (Å²) in [4.78, 5) is 0. The molecule has 0 amide bonds. The van der Waals surface area contributed by atoms with Gasteiger partial charge in [0.2, 0.25) is 10.0 Å². The summed E-state index contributed by atoms with van der Waals surface area (Å²) < 4.78 is 41.4. The molecule has 130 valence electrons. The number of ether oxygens (including phenoxy) is 3. The van der Waals surface area contributed by atoms with Crippen molar-refractivity contribution in [2.75, 3.05) is 31.9 Å². The zero-order valence-electron chi connectivity index (χ0n) is 14.1. The summed E-state index contributed by atoms with van der Waals surface area (Å²) in [5.74, 6) is 1.73. The van der Waals surface area contributed by atoms with E-state index in [1.807, 2.05) is 12.1 Å². The lowest BCUT2D eigenvalue weighted by atomic mass is 10.2. The fraction of sp³-hybridized carbons (Fsp3) is 0.294. The van der Waals surface area contributed by atoms with E-state index in [-0.39, 0.29) is 6.54 Å². The van der Waals surface area contributed by atoms with E-state index in [9.17, 15) is 8.42 Å². The number of anilines is 1. The van der Waals surface area contributed by atoms with Crippen molar-refractivity contribution >= 4 is 15.7 Å². The van der Waals surface area contributed by atoms with Gasteiger partial charge in [0.05, 0.1) is 39.8 Å². The number of nitrogens with zero attached hydrogens (tertiary/aromatic N) is 1. The van der Waals surface area contributed by atoms with E-state index < -0.39 is 10.0 Å². The lowest BCUT2D eigenvalue weighted by Crippen LogP contribution is -2.29. The van der Waals surface area contributed by atoms with Crippen LogP contribution in [-0.2, 0) is 16.6 Å². The summed E-state index contributed by atoms with van der Waals surface area (Å²) in [7, 11) is 1.15. The normalized spacial score (nSPS) is 11.0. The van der Waals surface area contributed by atoms with Crippen molar-refractivity contribution in [2.45, 2.75) is 6.54 Å². The second kappa shape index (κ2) is 7.44. The van der Waals surface area contributed by atoms with Crippen molar-refractivity contribution in [3.63, 3.8) is 0 Å². The maximum Gasteiger partial charge on any atom is 0.232 e. The zero-order chi connectivity index (χ0) is 17.7. The Bertz CT molecular complexity index is 787. The van der Waals surface area contributed by atoms with Gasteiger partial charge < -0.3 is 14.2 Å². The zero-order valence-corrected chi connectivity index (χ0v) is 15.0. The first-order valence-electron chi connectivity index (χ1n) is 7.21. The summed E-state index contributed by atoms with van der Waals surface area (Å²) in [5.41, 5.74) is 1.35. The minimum atomic E-state index is -3.47. The largest absolute Gasteiger partial charge is 0.497 e. The van der Waals surface area contributed by atoms with Crippen LogP contribution in [0.1, 0.15) is 5.56 Å². The van der Waals surface area contributed by atoms with E-state index in [2.05, 4.69) is 0 Å². The van der Waals surface area contributed by atoms with Crippen LogP contribution < -0.4 is 18.5 Å². The first-order chi connectivity index (χ1) is 11.4. The highest BCUT2D eigenvalue weighted by Crippen LogP contribution is 2.33. The van der Waals surface area contributed by atoms with E-state index in [1.165, 1.54) is 24.8 Å². The molecule has 0 aliphatic heterocycles. The summed E-state index contributed by atoms with van der Waals surface area (Å²) >= 11 is 0. The summed E-state index contributed by atoms with van der Waals surface area (Å²) in [6.07, 6.45) is 1.17. The molecule has 0 saturated heterocycles. The Morgan fingerprint density at radius 2 is 1.50 bits per heavy atom. The molecule has 6 nitrogen and oxygen atoms in total. The van der Waals surface area contributed by atoms with Gasteiger partial charge in [-0.3, -0.25) is 4.31 Å². The first kappa shape index (κ1) is 17.9. The fourth-order valence-corrected chi connectivity index (χ4v) is 3.16. The van der Waals surface area contributed by atoms with Gasteiger partial charge in [-0.05, 0) is 29.8 Å². The molecule has 0 aliphatic carbocycles. The maximum atomic E-state index is 12.2. The van der Waals surface area contributed by atoms with Crippen LogP contribution in [-0.4, -0.2) is 36.0 Å². The van der Waals surface area contributed by atoms with Gasteiger partial charge in [0.1, 0.15) is 5.75 Å². The molecule has 0 atom stereocenters. The standard InChI is InChI=1S/C17H21NO5S/c1-21-15-8-5-13(6-9-15)12-18(24(4,19)20)14-7-10-16(22-2)17(11-14)23-3/h5-11H,12H2,1-4H3. The third kappa shape index (κ3) is 4.11. The molecule has 7 heteroatoms. The quantitative estimate of drug-likeness (QED) is 0.767. The summed E-state index contributed by atoms with van der Waals surface area (Å²) in [6, 6.07) is 12.3. The molecule has 2 rings (SSSR count). The third-order valence-corrected chi connectivity index (χ3v) is 4.68. The van der Waals surface area contributed by atoms with Crippen LogP contribution >= 0.6 is 0 Å². The van der Waals surface area contributed by atoms with Crippen molar-refractivity contribution in [1.29, 1.82) is 0 Å². The molecule has 0 N–H and O–H groups in total. The monoisotopic (exact) mass is 351 g/mol. The summed E-state index contributed by atoms with van der Waals surface area (Å²) in [5, 5.41) is 0. The fourth-order valence-electron chi connectivity index (χ4n) is 2.28. The molecule has 0 fully saturated rings. The van der Waals surface area contributed by atoms with Crippen molar-refractivity contribution in [2.24, 2.45) is 0 Å². The average molecular weight is 351 g/mol. The number of sulfonamides is 1. The molecule has 0 spiro atoms. The van der Waals surface area contributed by atoms with E-state index in [4.69, 9.17) is 14.2 Å². The molecule has 0 saturated carbocycles. The van der Waals surface area contributed by atoms with Gasteiger partial charge in [-0.15, -0.1) is 0 Å². The topological polar surface area (TPSA) is 65.1 Å². The molecule has 0 unspecified atom stereocenters. The number of methoxy groups -OCH3 is 3. The predicted octanol–water partition coefficient (Wildman–Crippen LogP) is 2.68. The number of rotatable bonds is 7. The van der Waals surface area contributed by atoms with Crippen LogP contribution in [0.2, 0.25) is 0 Å². The molecule has 24 heavy (non-hydrogen) atoms. The molecule has 0 aromatic heterocycles. The van der Waals surface area contributed by atoms with Crippen molar-refractivity contribution < 1.29 is 22.6 Å². The Morgan fingerprint density at radius 1 is 0.875 bits per heavy atom. The van der Waals surface area contributed by atoms with Gasteiger partial charge in [-0.1, -0.05) is 12.1 Å². The number of hydrogen-bond donors (Lipinski definition) is 0. The minimum Gasteiger partial charge on any atom is -0.497 e. The van der Waals surface area contributed by atoms with Gasteiger partial charge in [0.15, 0.2) is 11.5 Å². The van der Waals surface area contributed by atoms with E-state index in [1.54, 1.807) is 37.4 Å². The van der Waals surface area contributed by atoms with Gasteiger partial charge in [0.25, 0.3) is 0 Å². The molecule has 0 aliphatic rings. The molecule has 2 aromatic rings. The van der Waals surface area contributed by atoms with E-state index in [0.29, 0.717) is 17.2 Å². The van der Waals surface area contributed by atoms with Crippen LogP contribution in [0.15, 0.2) is 42.5 Å². The lowest BCUT2D eigenvalue weighted by Gasteiger charge is -2.23. The SMILES string of the molecule is COc1ccc(CN(c2ccc(OC)c(OC)c2)S(C)(=O)=O)cc1. The number of hydrogen-bond acceptors (Lipinski definition) is 5. The van der Waals surface area contributed by atoms with Crippen LogP contribution in [0.4, 0.5) is 5.69 Å². The Labute approximate surface area is 142 Å². The van der Waals surface area contributed by atoms with E-state index >= 15 is 0 Å². The highest BCUT2D eigenvalue weighted by molar-refractivity contribution is 7.92. The second-order valence-electron chi connectivity index (χ2n) is 5.16. The Kier molecular flexibility index (Phi) is 5.56. The smallest absolute Gasteiger partial charge is 0.232 e. The molecule has 0 radical (unpaired) electrons. The Hall–Kier alpha value is -2.41. The highest BCUT2D eigenvalue weighted by Gasteiger charge is 2.19. The third-order valence-electron chi connectivity index (χ3n) is 3.54. The van der Waals surface area contributed by atoms with Gasteiger partial charge in [-0.25, -0.2) is 8.42 Å². The minimum absolute atomic E-state index is 0.207. The molecule has 2 aromatic carbocycles. The lowest BCUT2D eigenvalue weighted by molar-refractivity contribution is 0.355. The van der Waals surface area contributed by atoms with Gasteiger partial charge in [0, 0.05) is 6.07 Å². The van der Waals surface area contributed by atoms with Gasteiger partial charge in [-0.2, -0.15) is 0 Å². The molecule has 0 heterocycles. The summed E-state index contributed by atoms with van der Waals surface area (Å²) in [6.45, 7) is 0.207. The number of benzene rings is 2. The van der Waals surface area contributed by atoms with Crippen LogP contribution in [0.5, 0.6) is 17.2 Å². The average Bonchev–Trinajstić information content (AvgIpc) is 2.58. The first-order valence-corrected chi connectivity index (χ1v) is 9.06. The van der Waals surface area contributed by atoms with Crippen LogP contribution in [0, 0.1) is 0 Å². The molecule has 0 bridgehead atoms. The van der Waals surface area contributed by atoms with Crippen molar-refractivity contribution in [1.82, 2.24) is 0 Å². The van der Waals surface area contributed by atoms with Gasteiger partial charge >= 0.3 is 0 Å². The Morgan fingerprint density at radius 3 is 2.00 bits per heavy atom. The van der Waals surface area contributed by atoms with Crippen molar-refractivity contribution in [3.8, 4) is 17.2 Å². The highest BCUT2D eigenvalue weighted by atomic mass is 32.2. The molecular weight excluding hydrogens is 330 g/mol. The van der Waals surface area contributed by atoms with Crippen molar-refractivity contribution in [3.05, 3.63) is 48.0 Å². The van der Waals surface area contributed by atoms with E-state index in [0.717, 1.165) is 11.3 Å². The molecular formula is C17H21NO5S. The predicted molar refractivity (Wildman–Crippen MR) is 93.6 cm³/mol. The maximum absolute atomic E-state index is 12.2. The van der Waals surface area contributed by atoms with Crippen LogP contribution in [0.25, 0.3) is 0 Å². The second-order valence-corrected chi connectivity index (χ2v) is 7.06.